The van der Waals surface area contributed by atoms with Crippen molar-refractivity contribution >= 4 is 47.4 Å². The van der Waals surface area contributed by atoms with Crippen LogP contribution in [0.4, 0.5) is 0 Å². The van der Waals surface area contributed by atoms with Crippen molar-refractivity contribution in [2.24, 2.45) is 22.4 Å². The molecule has 258 valence electrons. The van der Waals surface area contributed by atoms with Gasteiger partial charge in [-0.05, 0) is 50.2 Å². The van der Waals surface area contributed by atoms with E-state index >= 15 is 0 Å². The number of carbonyl (C=O) groups excluding carboxylic acids is 6. The molecule has 0 aromatic heterocycles. The third-order valence-electron chi connectivity index (χ3n) is 7.06. The average Bonchev–Trinajstić information content (AvgIpc) is 3.52. The van der Waals surface area contributed by atoms with Crippen molar-refractivity contribution in [2.75, 3.05) is 32.7 Å². The lowest BCUT2D eigenvalue weighted by molar-refractivity contribution is -0.142. The molecule has 0 bridgehead atoms. The number of guanidine groups is 1. The summed E-state index contributed by atoms with van der Waals surface area (Å²) in [5.74, 6) is -4.95. The van der Waals surface area contributed by atoms with E-state index in [4.69, 9.17) is 16.6 Å². The summed E-state index contributed by atoms with van der Waals surface area (Å²) in [6.45, 7) is 2.64. The summed E-state index contributed by atoms with van der Waals surface area (Å²) in [5.41, 5.74) is 11.2. The Morgan fingerprint density at radius 2 is 1.60 bits per heavy atom. The van der Waals surface area contributed by atoms with Crippen molar-refractivity contribution in [3.05, 3.63) is 35.9 Å². The van der Waals surface area contributed by atoms with Gasteiger partial charge in [0.25, 0.3) is 5.91 Å². The van der Waals surface area contributed by atoms with Gasteiger partial charge in [0.1, 0.15) is 24.7 Å². The second-order valence-corrected chi connectivity index (χ2v) is 11.4. The number of hydrogen-bond donors (Lipinski definition) is 8. The number of hydrogen-bond acceptors (Lipinski definition) is 8. The van der Waals surface area contributed by atoms with Crippen LogP contribution in [0.15, 0.2) is 35.3 Å². The van der Waals surface area contributed by atoms with Crippen molar-refractivity contribution in [1.29, 1.82) is 0 Å². The van der Waals surface area contributed by atoms with Gasteiger partial charge in [0, 0.05) is 18.7 Å². The summed E-state index contributed by atoms with van der Waals surface area (Å²) < 4.78 is 0. The standard InChI is InChI=1S/C30H45N9O8/c1-18(2)14-21(37-24(41)16-35-26(44)19-8-4-3-5-9-19)27(45)38-20(10-6-12-33-30(31)32)29(47)39-13-7-11-22(39)28(46)36-15-23(40)34-17-25(42)43/h3-5,8-9,18,20-22H,6-7,10-17H2,1-2H3,(H,34,40)(H,35,44)(H,36,46)(H,37,41)(H,38,45)(H,42,43)(H4,31,32,33)/t20-,21-,22-/m0/s1. The Balaban J connectivity index is 2.12. The minimum absolute atomic E-state index is 0.0275. The number of amides is 6. The molecule has 2 rings (SSSR count). The van der Waals surface area contributed by atoms with Gasteiger partial charge in [-0.15, -0.1) is 0 Å². The molecule has 0 unspecified atom stereocenters. The number of aliphatic imine (C=N–C) groups is 1. The summed E-state index contributed by atoms with van der Waals surface area (Å²) >= 11 is 0. The number of likely N-dealkylation sites (tertiary alicyclic amines) is 1. The largest absolute Gasteiger partial charge is 0.480 e. The van der Waals surface area contributed by atoms with Crippen molar-refractivity contribution in [1.82, 2.24) is 31.5 Å². The van der Waals surface area contributed by atoms with Crippen LogP contribution in [0, 0.1) is 5.92 Å². The minimum Gasteiger partial charge on any atom is -0.480 e. The molecule has 6 amide bonds. The van der Waals surface area contributed by atoms with Gasteiger partial charge in [-0.3, -0.25) is 38.6 Å². The quantitative estimate of drug-likeness (QED) is 0.0478. The number of nitrogens with two attached hydrogens (primary N) is 2. The maximum Gasteiger partial charge on any atom is 0.322 e. The van der Waals surface area contributed by atoms with Crippen molar-refractivity contribution in [2.45, 2.75) is 64.1 Å². The van der Waals surface area contributed by atoms with Gasteiger partial charge in [-0.25, -0.2) is 0 Å². The lowest BCUT2D eigenvalue weighted by Gasteiger charge is -2.30. The van der Waals surface area contributed by atoms with Crippen molar-refractivity contribution < 1.29 is 38.7 Å². The van der Waals surface area contributed by atoms with Crippen molar-refractivity contribution in [3.8, 4) is 0 Å². The Hall–Kier alpha value is -5.22. The number of benzene rings is 1. The van der Waals surface area contributed by atoms with Crippen molar-refractivity contribution in [3.63, 3.8) is 0 Å². The molecule has 17 heteroatoms. The Kier molecular flexibility index (Phi) is 15.6. The highest BCUT2D eigenvalue weighted by molar-refractivity contribution is 5.98. The topological polar surface area (TPSA) is 268 Å². The number of carboxylic acids is 1. The summed E-state index contributed by atoms with van der Waals surface area (Å²) in [6, 6.07) is 5.26. The number of rotatable bonds is 18. The monoisotopic (exact) mass is 659 g/mol. The van der Waals surface area contributed by atoms with Crippen LogP contribution >= 0.6 is 0 Å². The molecule has 0 radical (unpaired) electrons. The maximum absolute atomic E-state index is 13.8. The van der Waals surface area contributed by atoms with Gasteiger partial charge in [0.15, 0.2) is 5.96 Å². The molecule has 1 aromatic rings. The second kappa shape index (κ2) is 19.3. The van der Waals surface area contributed by atoms with E-state index in [1.54, 1.807) is 30.3 Å². The molecule has 0 aliphatic carbocycles. The third-order valence-corrected chi connectivity index (χ3v) is 7.06. The first-order valence-corrected chi connectivity index (χ1v) is 15.3. The van der Waals surface area contributed by atoms with E-state index in [0.29, 0.717) is 24.8 Å². The molecule has 47 heavy (non-hydrogen) atoms. The number of aliphatic carboxylic acids is 1. The predicted molar refractivity (Wildman–Crippen MR) is 170 cm³/mol. The third kappa shape index (κ3) is 13.8. The van der Waals surface area contributed by atoms with Crippen LogP contribution in [-0.2, 0) is 28.8 Å². The summed E-state index contributed by atoms with van der Waals surface area (Å²) in [4.78, 5) is 93.1. The molecule has 10 N–H and O–H groups in total. The Labute approximate surface area is 272 Å². The van der Waals surface area contributed by atoms with E-state index in [2.05, 4.69) is 31.6 Å². The molecule has 0 spiro atoms. The summed E-state index contributed by atoms with van der Waals surface area (Å²) in [7, 11) is 0. The molecule has 1 saturated heterocycles. The summed E-state index contributed by atoms with van der Waals surface area (Å²) in [5, 5.41) is 21.1. The Morgan fingerprint density at radius 1 is 0.915 bits per heavy atom. The maximum atomic E-state index is 13.8. The van der Waals surface area contributed by atoms with Crippen LogP contribution in [0.5, 0.6) is 0 Å². The van der Waals surface area contributed by atoms with Crippen LogP contribution < -0.4 is 38.1 Å². The lowest BCUT2D eigenvalue weighted by atomic mass is 10.0. The molecule has 1 fully saturated rings. The van der Waals surface area contributed by atoms with Gasteiger partial charge in [0.05, 0.1) is 13.1 Å². The number of carbonyl (C=O) groups is 7. The van der Waals surface area contributed by atoms with E-state index < -0.39 is 72.6 Å². The lowest BCUT2D eigenvalue weighted by Crippen LogP contribution is -2.57. The predicted octanol–water partition coefficient (Wildman–Crippen LogP) is -2.21. The SMILES string of the molecule is CC(C)C[C@H](NC(=O)CNC(=O)c1ccccc1)C(=O)N[C@@H](CCCN=C(N)N)C(=O)N1CCC[C@H]1C(=O)NCC(=O)NCC(=O)O. The molecular weight excluding hydrogens is 614 g/mol. The molecular formula is C30H45N9O8. The molecule has 1 aliphatic heterocycles. The fraction of sp³-hybridized carbons (Fsp3) is 0.533. The minimum atomic E-state index is -1.24. The smallest absolute Gasteiger partial charge is 0.322 e. The molecule has 0 saturated carbocycles. The Morgan fingerprint density at radius 3 is 2.23 bits per heavy atom. The second-order valence-electron chi connectivity index (χ2n) is 11.4. The van der Waals surface area contributed by atoms with Crippen LogP contribution in [0.1, 0.15) is 56.3 Å². The first-order valence-electron chi connectivity index (χ1n) is 15.3. The first-order chi connectivity index (χ1) is 22.3. The highest BCUT2D eigenvalue weighted by Crippen LogP contribution is 2.20. The zero-order chi connectivity index (χ0) is 34.9. The van der Waals surface area contributed by atoms with E-state index in [9.17, 15) is 33.6 Å². The highest BCUT2D eigenvalue weighted by Gasteiger charge is 2.38. The molecule has 1 aromatic carbocycles. The zero-order valence-electron chi connectivity index (χ0n) is 26.6. The van der Waals surface area contributed by atoms with Crippen LogP contribution in [0.25, 0.3) is 0 Å². The van der Waals surface area contributed by atoms with Crippen LogP contribution in [0.2, 0.25) is 0 Å². The van der Waals surface area contributed by atoms with Gasteiger partial charge in [0.2, 0.25) is 29.5 Å². The average molecular weight is 660 g/mol. The van der Waals surface area contributed by atoms with Crippen LogP contribution in [-0.4, -0.2) is 108 Å². The van der Waals surface area contributed by atoms with Gasteiger partial charge < -0.3 is 48.1 Å². The van der Waals surface area contributed by atoms with Gasteiger partial charge >= 0.3 is 5.97 Å². The normalized spacial score (nSPS) is 15.1. The fourth-order valence-corrected chi connectivity index (χ4v) is 4.86. The zero-order valence-corrected chi connectivity index (χ0v) is 26.6. The number of nitrogens with one attached hydrogen (secondary N) is 5. The fourth-order valence-electron chi connectivity index (χ4n) is 4.86. The number of carboxylic acid groups (broad SMARTS) is 1. The van der Waals surface area contributed by atoms with E-state index in [-0.39, 0.29) is 44.4 Å². The highest BCUT2D eigenvalue weighted by atomic mass is 16.4. The van der Waals surface area contributed by atoms with E-state index in [1.807, 2.05) is 13.8 Å². The molecule has 1 aliphatic rings. The molecule has 1 heterocycles. The summed E-state index contributed by atoms with van der Waals surface area (Å²) in [6.07, 6.45) is 1.45. The molecule has 3 atom stereocenters. The van der Waals surface area contributed by atoms with Gasteiger partial charge in [-0.1, -0.05) is 32.0 Å². The van der Waals surface area contributed by atoms with Crippen LogP contribution in [0.3, 0.4) is 0 Å². The molecule has 17 nitrogen and oxygen atoms in total. The first kappa shape index (κ1) is 38.0. The number of nitrogens with zero attached hydrogens (tertiary/aromatic N) is 2. The van der Waals surface area contributed by atoms with E-state index in [1.165, 1.54) is 4.90 Å². The van der Waals surface area contributed by atoms with Gasteiger partial charge in [-0.2, -0.15) is 0 Å². The van der Waals surface area contributed by atoms with E-state index in [0.717, 1.165) is 0 Å². The Bertz CT molecular complexity index is 1300.